The van der Waals surface area contributed by atoms with Crippen LogP contribution in [0.2, 0.25) is 0 Å². The molecule has 19 heavy (non-hydrogen) atoms. The lowest BCUT2D eigenvalue weighted by Gasteiger charge is -2.14. The standard InChI is InChI=1S/C11H14F2N2O4/c1-19-6-7(11(17)18)14-10(16)8-3-2-4-15(8)5-9(12)13/h2-4,7,9H,5-6H2,1H3,(H,14,16)(H,17,18). The third-order valence-electron chi connectivity index (χ3n) is 2.33. The molecule has 8 heteroatoms. The SMILES string of the molecule is COCC(NC(=O)c1cccn1CC(F)F)C(=O)O. The summed E-state index contributed by atoms with van der Waals surface area (Å²) in [6, 6.07) is 1.54. The lowest BCUT2D eigenvalue weighted by molar-refractivity contribution is -0.140. The van der Waals surface area contributed by atoms with Crippen LogP contribution < -0.4 is 5.32 Å². The molecule has 1 rings (SSSR count). The zero-order valence-corrected chi connectivity index (χ0v) is 10.2. The van der Waals surface area contributed by atoms with Crippen molar-refractivity contribution in [1.82, 2.24) is 9.88 Å². The van der Waals surface area contributed by atoms with Gasteiger partial charge in [0.1, 0.15) is 5.69 Å². The molecule has 0 aliphatic rings. The summed E-state index contributed by atoms with van der Waals surface area (Å²) >= 11 is 0. The van der Waals surface area contributed by atoms with E-state index in [1.54, 1.807) is 0 Å². The number of carbonyl (C=O) groups excluding carboxylic acids is 1. The van der Waals surface area contributed by atoms with Crippen LogP contribution in [0.25, 0.3) is 0 Å². The molecule has 0 aliphatic heterocycles. The lowest BCUT2D eigenvalue weighted by atomic mass is 10.3. The predicted molar refractivity (Wildman–Crippen MR) is 61.2 cm³/mol. The summed E-state index contributed by atoms with van der Waals surface area (Å²) in [6.45, 7) is -0.839. The summed E-state index contributed by atoms with van der Waals surface area (Å²) in [7, 11) is 1.29. The van der Waals surface area contributed by atoms with Crippen molar-refractivity contribution in [3.63, 3.8) is 0 Å². The first-order valence-electron chi connectivity index (χ1n) is 5.41. The molecule has 1 heterocycles. The molecule has 1 unspecified atom stereocenters. The number of methoxy groups -OCH3 is 1. The lowest BCUT2D eigenvalue weighted by Crippen LogP contribution is -2.44. The van der Waals surface area contributed by atoms with Gasteiger partial charge in [0, 0.05) is 13.3 Å². The second-order valence-electron chi connectivity index (χ2n) is 3.76. The van der Waals surface area contributed by atoms with Crippen molar-refractivity contribution in [2.75, 3.05) is 13.7 Å². The molecular weight excluding hydrogens is 262 g/mol. The topological polar surface area (TPSA) is 80.6 Å². The quantitative estimate of drug-likeness (QED) is 0.763. The van der Waals surface area contributed by atoms with Crippen LogP contribution in [-0.2, 0) is 16.1 Å². The minimum absolute atomic E-state index is 0.0253. The Morgan fingerprint density at radius 3 is 2.74 bits per heavy atom. The molecule has 0 aromatic carbocycles. The maximum atomic E-state index is 12.3. The fourth-order valence-electron chi connectivity index (χ4n) is 1.50. The van der Waals surface area contributed by atoms with Gasteiger partial charge in [0.2, 0.25) is 0 Å². The normalized spacial score (nSPS) is 12.4. The molecule has 106 valence electrons. The zero-order valence-electron chi connectivity index (χ0n) is 10.2. The molecule has 1 amide bonds. The average molecular weight is 276 g/mol. The first kappa shape index (κ1) is 15.1. The number of nitrogens with zero attached hydrogens (tertiary/aromatic N) is 1. The minimum atomic E-state index is -2.60. The van der Waals surface area contributed by atoms with E-state index in [0.29, 0.717) is 0 Å². The summed E-state index contributed by atoms with van der Waals surface area (Å²) in [5.41, 5.74) is -0.0253. The smallest absolute Gasteiger partial charge is 0.328 e. The van der Waals surface area contributed by atoms with Crippen LogP contribution in [0.15, 0.2) is 18.3 Å². The van der Waals surface area contributed by atoms with Gasteiger partial charge in [-0.15, -0.1) is 0 Å². The van der Waals surface area contributed by atoms with E-state index in [-0.39, 0.29) is 12.3 Å². The van der Waals surface area contributed by atoms with E-state index in [9.17, 15) is 18.4 Å². The highest BCUT2D eigenvalue weighted by Crippen LogP contribution is 2.06. The first-order chi connectivity index (χ1) is 8.95. The van der Waals surface area contributed by atoms with E-state index in [2.05, 4.69) is 10.1 Å². The van der Waals surface area contributed by atoms with Gasteiger partial charge < -0.3 is 19.7 Å². The average Bonchev–Trinajstić information content (AvgIpc) is 2.75. The summed E-state index contributed by atoms with van der Waals surface area (Å²) < 4.78 is 30.3. The summed E-state index contributed by atoms with van der Waals surface area (Å²) in [5.74, 6) is -2.00. The number of alkyl halides is 2. The fraction of sp³-hybridized carbons (Fsp3) is 0.455. The molecule has 0 spiro atoms. The van der Waals surface area contributed by atoms with Crippen LogP contribution >= 0.6 is 0 Å². The number of hydrogen-bond acceptors (Lipinski definition) is 3. The second-order valence-corrected chi connectivity index (χ2v) is 3.76. The van der Waals surface area contributed by atoms with E-state index in [1.807, 2.05) is 0 Å². The molecule has 0 bridgehead atoms. The highest BCUT2D eigenvalue weighted by molar-refractivity contribution is 5.95. The van der Waals surface area contributed by atoms with E-state index >= 15 is 0 Å². The van der Waals surface area contributed by atoms with Gasteiger partial charge in [0.15, 0.2) is 6.04 Å². The molecule has 2 N–H and O–H groups in total. The number of amides is 1. The molecule has 0 saturated carbocycles. The Bertz CT molecular complexity index is 448. The fourth-order valence-corrected chi connectivity index (χ4v) is 1.50. The van der Waals surface area contributed by atoms with Crippen molar-refractivity contribution in [1.29, 1.82) is 0 Å². The third-order valence-corrected chi connectivity index (χ3v) is 2.33. The number of aromatic nitrogens is 1. The number of halogens is 2. The molecule has 0 radical (unpaired) electrons. The number of rotatable bonds is 7. The second kappa shape index (κ2) is 6.83. The minimum Gasteiger partial charge on any atom is -0.480 e. The highest BCUT2D eigenvalue weighted by atomic mass is 19.3. The number of carboxylic acids is 1. The van der Waals surface area contributed by atoms with E-state index in [0.717, 1.165) is 4.57 Å². The number of nitrogens with one attached hydrogen (secondary N) is 1. The van der Waals surface area contributed by atoms with E-state index < -0.39 is 30.9 Å². The molecule has 1 aromatic heterocycles. The van der Waals surface area contributed by atoms with Crippen molar-refractivity contribution in [2.24, 2.45) is 0 Å². The van der Waals surface area contributed by atoms with E-state index in [1.165, 1.54) is 25.4 Å². The number of carboxylic acid groups (broad SMARTS) is 1. The molecule has 6 nitrogen and oxygen atoms in total. The van der Waals surface area contributed by atoms with Gasteiger partial charge in [0.05, 0.1) is 13.2 Å². The largest absolute Gasteiger partial charge is 0.480 e. The maximum absolute atomic E-state index is 12.3. The van der Waals surface area contributed by atoms with Crippen molar-refractivity contribution in [3.05, 3.63) is 24.0 Å². The van der Waals surface area contributed by atoms with Gasteiger partial charge in [-0.05, 0) is 12.1 Å². The Labute approximate surface area is 108 Å². The predicted octanol–water partition coefficient (Wildman–Crippen LogP) is 0.583. The van der Waals surface area contributed by atoms with Crippen LogP contribution in [0, 0.1) is 0 Å². The number of ether oxygens (including phenoxy) is 1. The highest BCUT2D eigenvalue weighted by Gasteiger charge is 2.22. The first-order valence-corrected chi connectivity index (χ1v) is 5.41. The Kier molecular flexibility index (Phi) is 5.43. The van der Waals surface area contributed by atoms with Crippen LogP contribution in [0.1, 0.15) is 10.5 Å². The zero-order chi connectivity index (χ0) is 14.4. The van der Waals surface area contributed by atoms with Gasteiger partial charge in [-0.25, -0.2) is 13.6 Å². The molecule has 0 fully saturated rings. The van der Waals surface area contributed by atoms with Crippen LogP contribution in [0.4, 0.5) is 8.78 Å². The van der Waals surface area contributed by atoms with Gasteiger partial charge in [0.25, 0.3) is 12.3 Å². The third kappa shape index (κ3) is 4.32. The Hall–Kier alpha value is -1.96. The Balaban J connectivity index is 2.77. The van der Waals surface area contributed by atoms with Gasteiger partial charge in [-0.1, -0.05) is 0 Å². The molecular formula is C11H14F2N2O4. The Morgan fingerprint density at radius 2 is 2.21 bits per heavy atom. The monoisotopic (exact) mass is 276 g/mol. The van der Waals surface area contributed by atoms with Gasteiger partial charge in [-0.3, -0.25) is 4.79 Å². The maximum Gasteiger partial charge on any atom is 0.328 e. The Morgan fingerprint density at radius 1 is 1.53 bits per heavy atom. The summed E-state index contributed by atoms with van der Waals surface area (Å²) in [5, 5.41) is 11.0. The number of aliphatic carboxylic acids is 1. The van der Waals surface area contributed by atoms with E-state index in [4.69, 9.17) is 5.11 Å². The summed E-state index contributed by atoms with van der Waals surface area (Å²) in [6.07, 6.45) is -1.28. The van der Waals surface area contributed by atoms with Crippen molar-refractivity contribution >= 4 is 11.9 Å². The van der Waals surface area contributed by atoms with Gasteiger partial charge >= 0.3 is 5.97 Å². The van der Waals surface area contributed by atoms with Crippen molar-refractivity contribution in [2.45, 2.75) is 19.0 Å². The van der Waals surface area contributed by atoms with Crippen LogP contribution in [0.5, 0.6) is 0 Å². The molecule has 0 aliphatic carbocycles. The van der Waals surface area contributed by atoms with Crippen molar-refractivity contribution in [3.8, 4) is 0 Å². The van der Waals surface area contributed by atoms with Crippen molar-refractivity contribution < 1.29 is 28.2 Å². The molecule has 1 atom stereocenters. The number of hydrogen-bond donors (Lipinski definition) is 2. The summed E-state index contributed by atoms with van der Waals surface area (Å²) in [4.78, 5) is 22.6. The van der Waals surface area contributed by atoms with Crippen LogP contribution in [-0.4, -0.2) is 47.7 Å². The van der Waals surface area contributed by atoms with Gasteiger partial charge in [-0.2, -0.15) is 0 Å². The molecule has 1 aromatic rings. The number of carbonyl (C=O) groups is 2. The molecule has 0 saturated heterocycles. The van der Waals surface area contributed by atoms with Crippen LogP contribution in [0.3, 0.4) is 0 Å².